The van der Waals surface area contributed by atoms with Crippen LogP contribution < -0.4 is 4.90 Å². The summed E-state index contributed by atoms with van der Waals surface area (Å²) in [5, 5.41) is 12.0. The smallest absolute Gasteiger partial charge is 0.358 e. The van der Waals surface area contributed by atoms with Crippen molar-refractivity contribution in [1.82, 2.24) is 14.1 Å². The highest BCUT2D eigenvalue weighted by Gasteiger charge is 2.21. The number of aryl methyl sites for hydroxylation is 1. The SMILES string of the molecule is CC(=O)/C(=C/c1cn(CC(=O)N(C)c2ccccc2)c2ccccc12)n1cc([N+](=O)[O-])nc1C. The van der Waals surface area contributed by atoms with Crippen LogP contribution in [-0.4, -0.2) is 37.8 Å². The van der Waals surface area contributed by atoms with E-state index < -0.39 is 4.92 Å². The summed E-state index contributed by atoms with van der Waals surface area (Å²) in [4.78, 5) is 41.5. The van der Waals surface area contributed by atoms with Gasteiger partial charge in [-0.05, 0) is 34.2 Å². The maximum absolute atomic E-state index is 13.0. The minimum Gasteiger partial charge on any atom is -0.358 e. The number of hydrogen-bond donors (Lipinski definition) is 0. The number of anilines is 1. The molecule has 0 saturated carbocycles. The lowest BCUT2D eigenvalue weighted by molar-refractivity contribution is -0.389. The van der Waals surface area contributed by atoms with Gasteiger partial charge in [0.25, 0.3) is 0 Å². The van der Waals surface area contributed by atoms with Gasteiger partial charge in [0.1, 0.15) is 12.7 Å². The first-order valence-electron chi connectivity index (χ1n) is 10.6. The van der Waals surface area contributed by atoms with Crippen LogP contribution in [0.1, 0.15) is 18.3 Å². The molecule has 0 aliphatic heterocycles. The molecule has 0 atom stereocenters. The monoisotopic (exact) mass is 457 g/mol. The summed E-state index contributed by atoms with van der Waals surface area (Å²) in [6.07, 6.45) is 4.72. The Morgan fingerprint density at radius 3 is 2.41 bits per heavy atom. The summed E-state index contributed by atoms with van der Waals surface area (Å²) in [5.41, 5.74) is 2.58. The van der Waals surface area contributed by atoms with Crippen LogP contribution in [-0.2, 0) is 16.1 Å². The van der Waals surface area contributed by atoms with Crippen LogP contribution in [0.5, 0.6) is 0 Å². The number of fused-ring (bicyclic) bond motifs is 1. The number of amides is 1. The fraction of sp³-hybridized carbons (Fsp3) is 0.160. The molecule has 4 aromatic rings. The minimum atomic E-state index is -0.595. The number of imidazole rings is 1. The molecule has 2 heterocycles. The molecule has 0 bridgehead atoms. The molecule has 172 valence electrons. The van der Waals surface area contributed by atoms with Crippen LogP contribution in [0.25, 0.3) is 22.7 Å². The fourth-order valence-electron chi connectivity index (χ4n) is 3.85. The number of aromatic nitrogens is 3. The number of allylic oxidation sites excluding steroid dienone is 1. The second-order valence-corrected chi connectivity index (χ2v) is 7.88. The Kier molecular flexibility index (Phi) is 6.09. The molecule has 9 heteroatoms. The summed E-state index contributed by atoms with van der Waals surface area (Å²) >= 11 is 0. The topological polar surface area (TPSA) is 103 Å². The second-order valence-electron chi connectivity index (χ2n) is 7.88. The molecule has 0 aliphatic rings. The first-order valence-corrected chi connectivity index (χ1v) is 10.6. The molecule has 0 N–H and O–H groups in total. The van der Waals surface area contributed by atoms with Crippen LogP contribution in [0, 0.1) is 17.0 Å². The van der Waals surface area contributed by atoms with Crippen molar-refractivity contribution in [2.75, 3.05) is 11.9 Å². The normalized spacial score (nSPS) is 11.6. The zero-order valence-corrected chi connectivity index (χ0v) is 19.0. The van der Waals surface area contributed by atoms with Gasteiger partial charge in [-0.25, -0.2) is 0 Å². The Hall–Kier alpha value is -4.53. The quantitative estimate of drug-likeness (QED) is 0.234. The molecule has 0 aliphatic carbocycles. The summed E-state index contributed by atoms with van der Waals surface area (Å²) in [5.74, 6) is -0.374. The molecule has 0 unspecified atom stereocenters. The van der Waals surface area contributed by atoms with Gasteiger partial charge in [0.15, 0.2) is 5.78 Å². The maximum Gasteiger partial charge on any atom is 0.382 e. The van der Waals surface area contributed by atoms with E-state index in [0.717, 1.165) is 16.6 Å². The van der Waals surface area contributed by atoms with E-state index in [2.05, 4.69) is 4.98 Å². The van der Waals surface area contributed by atoms with Crippen molar-refractivity contribution in [1.29, 1.82) is 0 Å². The highest BCUT2D eigenvalue weighted by Crippen LogP contribution is 2.26. The number of Topliss-reactive ketones (excluding diaryl/α,β-unsaturated/α-hetero) is 1. The molecule has 0 fully saturated rings. The molecule has 0 radical (unpaired) electrons. The number of carbonyl (C=O) groups excluding carboxylic acids is 2. The fourth-order valence-corrected chi connectivity index (χ4v) is 3.85. The Morgan fingerprint density at radius 1 is 1.09 bits per heavy atom. The molecule has 2 aromatic heterocycles. The van der Waals surface area contributed by atoms with E-state index in [1.807, 2.05) is 65.4 Å². The third-order valence-electron chi connectivity index (χ3n) is 5.61. The summed E-state index contributed by atoms with van der Waals surface area (Å²) in [6, 6.07) is 16.9. The molecular formula is C25H23N5O4. The van der Waals surface area contributed by atoms with E-state index in [4.69, 9.17) is 0 Å². The van der Waals surface area contributed by atoms with Crippen LogP contribution in [0.2, 0.25) is 0 Å². The highest BCUT2D eigenvalue weighted by molar-refractivity contribution is 6.19. The Labute approximate surface area is 195 Å². The second kappa shape index (κ2) is 9.14. The average Bonchev–Trinajstić information content (AvgIpc) is 3.38. The van der Waals surface area contributed by atoms with Gasteiger partial charge >= 0.3 is 5.82 Å². The van der Waals surface area contributed by atoms with E-state index >= 15 is 0 Å². The van der Waals surface area contributed by atoms with Crippen molar-refractivity contribution in [3.05, 3.63) is 88.5 Å². The van der Waals surface area contributed by atoms with Crippen molar-refractivity contribution < 1.29 is 14.5 Å². The van der Waals surface area contributed by atoms with Gasteiger partial charge in [-0.1, -0.05) is 36.4 Å². The molecule has 9 nitrogen and oxygen atoms in total. The Balaban J connectivity index is 1.75. The largest absolute Gasteiger partial charge is 0.382 e. The predicted molar refractivity (Wildman–Crippen MR) is 130 cm³/mol. The average molecular weight is 457 g/mol. The number of rotatable bonds is 7. The van der Waals surface area contributed by atoms with Crippen molar-refractivity contribution in [3.63, 3.8) is 0 Å². The molecule has 4 rings (SSSR count). The first kappa shape index (κ1) is 22.7. The summed E-state index contributed by atoms with van der Waals surface area (Å²) in [7, 11) is 1.73. The van der Waals surface area contributed by atoms with Gasteiger partial charge in [-0.2, -0.15) is 0 Å². The number of para-hydroxylation sites is 2. The van der Waals surface area contributed by atoms with E-state index in [1.165, 1.54) is 17.7 Å². The van der Waals surface area contributed by atoms with Crippen molar-refractivity contribution in [2.45, 2.75) is 20.4 Å². The molecule has 1 amide bonds. The van der Waals surface area contributed by atoms with Gasteiger partial charge < -0.3 is 19.6 Å². The van der Waals surface area contributed by atoms with E-state index in [-0.39, 0.29) is 29.8 Å². The van der Waals surface area contributed by atoms with Crippen LogP contribution in [0.4, 0.5) is 11.5 Å². The Morgan fingerprint density at radius 2 is 1.76 bits per heavy atom. The number of carbonyl (C=O) groups is 2. The highest BCUT2D eigenvalue weighted by atomic mass is 16.6. The lowest BCUT2D eigenvalue weighted by atomic mass is 10.1. The zero-order chi connectivity index (χ0) is 24.4. The standard InChI is InChI=1S/C25H23N5O4/c1-17(31)23(29-15-24(30(33)34)26-18(29)2)13-19-14-28(22-12-8-7-11-21(19)22)16-25(32)27(3)20-9-5-4-6-10-20/h4-15H,16H2,1-3H3/b23-13-. The zero-order valence-electron chi connectivity index (χ0n) is 19.0. The van der Waals surface area contributed by atoms with Crippen LogP contribution in [0.3, 0.4) is 0 Å². The lowest BCUT2D eigenvalue weighted by Crippen LogP contribution is -2.29. The van der Waals surface area contributed by atoms with E-state index in [1.54, 1.807) is 24.9 Å². The van der Waals surface area contributed by atoms with Crippen molar-refractivity contribution in [2.24, 2.45) is 0 Å². The first-order chi connectivity index (χ1) is 16.3. The van der Waals surface area contributed by atoms with Gasteiger partial charge in [-0.3, -0.25) is 14.2 Å². The number of ketones is 1. The summed E-state index contributed by atoms with van der Waals surface area (Å²) < 4.78 is 3.25. The van der Waals surface area contributed by atoms with Gasteiger partial charge in [0, 0.05) is 49.2 Å². The lowest BCUT2D eigenvalue weighted by Gasteiger charge is -2.18. The van der Waals surface area contributed by atoms with Gasteiger partial charge in [0.2, 0.25) is 11.7 Å². The minimum absolute atomic E-state index is 0.102. The third kappa shape index (κ3) is 4.36. The molecule has 0 spiro atoms. The maximum atomic E-state index is 13.0. The predicted octanol–water partition coefficient (Wildman–Crippen LogP) is 4.30. The molecular weight excluding hydrogens is 434 g/mol. The van der Waals surface area contributed by atoms with Crippen molar-refractivity contribution >= 4 is 45.9 Å². The Bertz CT molecular complexity index is 1430. The third-order valence-corrected chi connectivity index (χ3v) is 5.61. The number of likely N-dealkylation sites (N-methyl/N-ethyl adjacent to an activating group) is 1. The molecule has 34 heavy (non-hydrogen) atoms. The van der Waals surface area contributed by atoms with Gasteiger partial charge in [0.05, 0.1) is 5.70 Å². The summed E-state index contributed by atoms with van der Waals surface area (Å²) in [6.45, 7) is 3.10. The molecule has 2 aromatic carbocycles. The number of nitrogens with zero attached hydrogens (tertiary/aromatic N) is 5. The van der Waals surface area contributed by atoms with E-state index in [0.29, 0.717) is 11.4 Å². The van der Waals surface area contributed by atoms with Crippen LogP contribution in [0.15, 0.2) is 67.0 Å². The molecule has 0 saturated heterocycles. The number of nitro groups is 1. The van der Waals surface area contributed by atoms with Crippen molar-refractivity contribution in [3.8, 4) is 0 Å². The number of benzene rings is 2. The van der Waals surface area contributed by atoms with E-state index in [9.17, 15) is 19.7 Å². The van der Waals surface area contributed by atoms with Gasteiger partial charge in [-0.15, -0.1) is 0 Å². The van der Waals surface area contributed by atoms with Crippen LogP contribution >= 0.6 is 0 Å². The number of hydrogen-bond acceptors (Lipinski definition) is 5.